The summed E-state index contributed by atoms with van der Waals surface area (Å²) in [4.78, 5) is 14.0. The SMILES string of the molecule is CN1CCC/C1=N/S(=O)(=O)c1ccc(NC(=O)c2ccc(Cl)cc2F)cc1. The van der Waals surface area contributed by atoms with Crippen LogP contribution in [0.2, 0.25) is 5.02 Å². The molecule has 0 saturated carbocycles. The second kappa shape index (κ2) is 7.66. The molecule has 6 nitrogen and oxygen atoms in total. The highest BCUT2D eigenvalue weighted by Crippen LogP contribution is 2.20. The molecule has 0 radical (unpaired) electrons. The number of hydrogen-bond acceptors (Lipinski definition) is 3. The van der Waals surface area contributed by atoms with Crippen molar-refractivity contribution >= 4 is 39.1 Å². The molecule has 1 heterocycles. The first-order valence-electron chi connectivity index (χ1n) is 8.18. The lowest BCUT2D eigenvalue weighted by atomic mass is 10.2. The molecule has 0 aliphatic carbocycles. The number of nitrogens with one attached hydrogen (secondary N) is 1. The van der Waals surface area contributed by atoms with E-state index in [0.29, 0.717) is 17.9 Å². The molecule has 1 fully saturated rings. The molecule has 1 amide bonds. The molecule has 9 heteroatoms. The smallest absolute Gasteiger partial charge is 0.283 e. The normalized spacial score (nSPS) is 16.0. The van der Waals surface area contributed by atoms with E-state index in [0.717, 1.165) is 19.0 Å². The van der Waals surface area contributed by atoms with Gasteiger partial charge in [-0.3, -0.25) is 4.79 Å². The zero-order chi connectivity index (χ0) is 19.6. The quantitative estimate of drug-likeness (QED) is 0.837. The van der Waals surface area contributed by atoms with Gasteiger partial charge in [-0.2, -0.15) is 8.42 Å². The highest BCUT2D eigenvalue weighted by molar-refractivity contribution is 7.90. The number of benzene rings is 2. The van der Waals surface area contributed by atoms with Gasteiger partial charge in [0.15, 0.2) is 0 Å². The molecule has 0 spiro atoms. The average Bonchev–Trinajstić information content (AvgIpc) is 2.99. The number of carbonyl (C=O) groups is 1. The molecule has 1 aliphatic rings. The Kier molecular flexibility index (Phi) is 5.48. The van der Waals surface area contributed by atoms with Crippen LogP contribution in [0.25, 0.3) is 0 Å². The van der Waals surface area contributed by atoms with Crippen LogP contribution in [0.5, 0.6) is 0 Å². The summed E-state index contributed by atoms with van der Waals surface area (Å²) < 4.78 is 42.5. The Bertz CT molecular complexity index is 1010. The van der Waals surface area contributed by atoms with E-state index in [1.807, 2.05) is 4.90 Å². The molecule has 0 bridgehead atoms. The number of amidine groups is 1. The van der Waals surface area contributed by atoms with Gasteiger partial charge >= 0.3 is 0 Å². The van der Waals surface area contributed by atoms with Crippen molar-refractivity contribution in [3.8, 4) is 0 Å². The Morgan fingerprint density at radius 1 is 1.22 bits per heavy atom. The molecule has 142 valence electrons. The summed E-state index contributed by atoms with van der Waals surface area (Å²) in [6, 6.07) is 9.29. The largest absolute Gasteiger partial charge is 0.362 e. The predicted octanol–water partition coefficient (Wildman–Crippen LogP) is 3.54. The minimum atomic E-state index is -3.83. The Morgan fingerprint density at radius 3 is 2.52 bits per heavy atom. The van der Waals surface area contributed by atoms with Gasteiger partial charge in [0, 0.05) is 30.7 Å². The molecular weight excluding hydrogens is 393 g/mol. The van der Waals surface area contributed by atoms with Crippen LogP contribution in [-0.2, 0) is 10.0 Å². The van der Waals surface area contributed by atoms with E-state index in [4.69, 9.17) is 11.6 Å². The van der Waals surface area contributed by atoms with E-state index >= 15 is 0 Å². The Labute approximate surface area is 161 Å². The predicted molar refractivity (Wildman–Crippen MR) is 102 cm³/mol. The van der Waals surface area contributed by atoms with E-state index in [2.05, 4.69) is 9.71 Å². The third kappa shape index (κ3) is 4.45. The number of anilines is 1. The Balaban J connectivity index is 1.76. The summed E-state index contributed by atoms with van der Waals surface area (Å²) in [5.41, 5.74) is 0.172. The number of carbonyl (C=O) groups excluding carboxylic acids is 1. The summed E-state index contributed by atoms with van der Waals surface area (Å²) in [5, 5.41) is 2.70. The van der Waals surface area contributed by atoms with Crippen LogP contribution >= 0.6 is 11.6 Å². The summed E-state index contributed by atoms with van der Waals surface area (Å²) in [6.45, 7) is 0.778. The van der Waals surface area contributed by atoms with Crippen molar-refractivity contribution in [3.63, 3.8) is 0 Å². The number of nitrogens with zero attached hydrogens (tertiary/aromatic N) is 2. The second-order valence-electron chi connectivity index (χ2n) is 6.11. The maximum absolute atomic E-state index is 13.8. The minimum absolute atomic E-state index is 0.0194. The van der Waals surface area contributed by atoms with Gasteiger partial charge in [0.2, 0.25) is 0 Å². The van der Waals surface area contributed by atoms with Gasteiger partial charge < -0.3 is 10.2 Å². The highest BCUT2D eigenvalue weighted by atomic mass is 35.5. The number of amides is 1. The molecule has 1 aliphatic heterocycles. The minimum Gasteiger partial charge on any atom is -0.362 e. The van der Waals surface area contributed by atoms with Gasteiger partial charge in [-0.15, -0.1) is 4.40 Å². The monoisotopic (exact) mass is 409 g/mol. The summed E-state index contributed by atoms with van der Waals surface area (Å²) in [6.07, 6.45) is 1.49. The van der Waals surface area contributed by atoms with Crippen molar-refractivity contribution in [2.75, 3.05) is 18.9 Å². The number of sulfonamides is 1. The van der Waals surface area contributed by atoms with Crippen LogP contribution in [0.3, 0.4) is 0 Å². The van der Waals surface area contributed by atoms with Gasteiger partial charge in [0.1, 0.15) is 11.7 Å². The number of rotatable bonds is 4. The zero-order valence-electron chi connectivity index (χ0n) is 14.4. The van der Waals surface area contributed by atoms with E-state index in [-0.39, 0.29) is 15.5 Å². The third-order valence-corrected chi connectivity index (χ3v) is 5.70. The summed E-state index contributed by atoms with van der Waals surface area (Å²) >= 11 is 5.67. The molecular formula is C18H17ClFN3O3S. The molecule has 2 aromatic rings. The van der Waals surface area contributed by atoms with Crippen LogP contribution in [0.15, 0.2) is 51.8 Å². The zero-order valence-corrected chi connectivity index (χ0v) is 16.0. The molecule has 0 unspecified atom stereocenters. The standard InChI is InChI=1S/C18H17ClFN3O3S/c1-23-10-2-3-17(23)22-27(25,26)14-7-5-13(6-8-14)21-18(24)15-9-4-12(19)11-16(15)20/h4-9,11H,2-3,10H2,1H3,(H,21,24)/b22-17-. The fourth-order valence-electron chi connectivity index (χ4n) is 2.68. The van der Waals surface area contributed by atoms with Crippen molar-refractivity contribution in [1.82, 2.24) is 4.90 Å². The van der Waals surface area contributed by atoms with E-state index in [1.54, 1.807) is 7.05 Å². The van der Waals surface area contributed by atoms with Crippen molar-refractivity contribution < 1.29 is 17.6 Å². The number of halogens is 2. The van der Waals surface area contributed by atoms with E-state index in [1.165, 1.54) is 36.4 Å². The first-order chi connectivity index (χ1) is 12.8. The molecule has 0 aromatic heterocycles. The van der Waals surface area contributed by atoms with Gasteiger partial charge in [0.05, 0.1) is 10.5 Å². The lowest BCUT2D eigenvalue weighted by molar-refractivity contribution is 0.102. The lowest BCUT2D eigenvalue weighted by Gasteiger charge is -2.11. The van der Waals surface area contributed by atoms with Gasteiger partial charge in [-0.25, -0.2) is 4.39 Å². The van der Waals surface area contributed by atoms with Crippen LogP contribution in [-0.4, -0.2) is 38.7 Å². The lowest BCUT2D eigenvalue weighted by Crippen LogP contribution is -2.20. The van der Waals surface area contributed by atoms with Crippen LogP contribution in [0, 0.1) is 5.82 Å². The first-order valence-corrected chi connectivity index (χ1v) is 9.99. The molecule has 1 saturated heterocycles. The molecule has 0 atom stereocenters. The van der Waals surface area contributed by atoms with E-state index in [9.17, 15) is 17.6 Å². The molecule has 27 heavy (non-hydrogen) atoms. The van der Waals surface area contributed by atoms with Crippen LogP contribution < -0.4 is 5.32 Å². The average molecular weight is 410 g/mol. The maximum Gasteiger partial charge on any atom is 0.283 e. The van der Waals surface area contributed by atoms with Crippen molar-refractivity contribution in [2.45, 2.75) is 17.7 Å². The number of likely N-dealkylation sites (tertiary alicyclic amines) is 1. The first kappa shape index (κ1) is 19.3. The number of hydrogen-bond donors (Lipinski definition) is 1. The summed E-state index contributed by atoms with van der Waals surface area (Å²) in [5.74, 6) is -0.867. The van der Waals surface area contributed by atoms with E-state index < -0.39 is 21.7 Å². The summed E-state index contributed by atoms with van der Waals surface area (Å²) in [7, 11) is -2.03. The van der Waals surface area contributed by atoms with Crippen LogP contribution in [0.4, 0.5) is 10.1 Å². The van der Waals surface area contributed by atoms with Gasteiger partial charge in [-0.1, -0.05) is 11.6 Å². The fraction of sp³-hybridized carbons (Fsp3) is 0.222. The van der Waals surface area contributed by atoms with Crippen molar-refractivity contribution in [3.05, 3.63) is 58.9 Å². The fourth-order valence-corrected chi connectivity index (χ4v) is 3.94. The Morgan fingerprint density at radius 2 is 1.93 bits per heavy atom. The Hall–Kier alpha value is -2.45. The van der Waals surface area contributed by atoms with Crippen molar-refractivity contribution in [2.24, 2.45) is 4.40 Å². The molecule has 2 aromatic carbocycles. The molecule has 3 rings (SSSR count). The van der Waals surface area contributed by atoms with Gasteiger partial charge in [0.25, 0.3) is 15.9 Å². The van der Waals surface area contributed by atoms with Gasteiger partial charge in [-0.05, 0) is 48.9 Å². The topological polar surface area (TPSA) is 78.8 Å². The third-order valence-electron chi connectivity index (χ3n) is 4.15. The van der Waals surface area contributed by atoms with Crippen LogP contribution in [0.1, 0.15) is 23.2 Å². The molecule has 1 N–H and O–H groups in total. The second-order valence-corrected chi connectivity index (χ2v) is 8.15. The maximum atomic E-state index is 13.8. The van der Waals surface area contributed by atoms with Crippen molar-refractivity contribution in [1.29, 1.82) is 0 Å². The highest BCUT2D eigenvalue weighted by Gasteiger charge is 2.20.